The van der Waals surface area contributed by atoms with Gasteiger partial charge in [0, 0.05) is 36.1 Å². The van der Waals surface area contributed by atoms with Crippen LogP contribution in [0.2, 0.25) is 0 Å². The van der Waals surface area contributed by atoms with E-state index in [9.17, 15) is 0 Å². The second kappa shape index (κ2) is 10.3. The molecule has 1 aliphatic carbocycles. The first-order chi connectivity index (χ1) is 13.3. The molecule has 0 amide bonds. The van der Waals surface area contributed by atoms with E-state index in [4.69, 9.17) is 9.73 Å². The Morgan fingerprint density at radius 3 is 2.85 bits per heavy atom. The molecular weight excluding hydrogens is 356 g/mol. The Morgan fingerprint density at radius 2 is 2.11 bits per heavy atom. The number of aromatic nitrogens is 1. The zero-order chi connectivity index (χ0) is 18.9. The lowest BCUT2D eigenvalue weighted by molar-refractivity contribution is 0.297. The highest BCUT2D eigenvalue weighted by Crippen LogP contribution is 2.30. The van der Waals surface area contributed by atoms with Crippen LogP contribution in [0.1, 0.15) is 42.1 Å². The molecule has 1 aromatic carbocycles. The molecule has 6 heteroatoms. The van der Waals surface area contributed by atoms with Crippen LogP contribution in [-0.2, 0) is 19.4 Å². The molecule has 1 saturated carbocycles. The van der Waals surface area contributed by atoms with Crippen LogP contribution in [0.4, 0.5) is 0 Å². The number of aliphatic imine (C=N–C) groups is 1. The molecule has 0 spiro atoms. The van der Waals surface area contributed by atoms with Crippen molar-refractivity contribution in [3.63, 3.8) is 0 Å². The van der Waals surface area contributed by atoms with Gasteiger partial charge in [0.25, 0.3) is 0 Å². The third kappa shape index (κ3) is 6.54. The van der Waals surface area contributed by atoms with E-state index < -0.39 is 0 Å². The van der Waals surface area contributed by atoms with Crippen molar-refractivity contribution in [3.8, 4) is 5.75 Å². The summed E-state index contributed by atoms with van der Waals surface area (Å²) in [6.45, 7) is 7.33. The number of ether oxygens (including phenoxy) is 1. The second-order valence-corrected chi connectivity index (χ2v) is 8.01. The van der Waals surface area contributed by atoms with Crippen molar-refractivity contribution in [3.05, 3.63) is 45.9 Å². The van der Waals surface area contributed by atoms with Gasteiger partial charge in [0.1, 0.15) is 5.75 Å². The molecule has 0 saturated heterocycles. The average Bonchev–Trinajstić information content (AvgIpc) is 3.41. The normalized spacial score (nSPS) is 14.2. The lowest BCUT2D eigenvalue weighted by atomic mass is 10.2. The summed E-state index contributed by atoms with van der Waals surface area (Å²) < 4.78 is 5.99. The van der Waals surface area contributed by atoms with Gasteiger partial charge in [-0.2, -0.15) is 0 Å². The fourth-order valence-corrected chi connectivity index (χ4v) is 3.55. The Balaban J connectivity index is 1.53. The highest BCUT2D eigenvalue weighted by molar-refractivity contribution is 7.11. The molecule has 3 rings (SSSR count). The molecule has 0 bridgehead atoms. The number of benzene rings is 1. The lowest BCUT2D eigenvalue weighted by Crippen LogP contribution is -2.38. The Labute approximate surface area is 166 Å². The fourth-order valence-electron chi connectivity index (χ4n) is 2.69. The number of thiazole rings is 1. The molecular formula is C21H30N4OS. The maximum Gasteiger partial charge on any atom is 0.191 e. The van der Waals surface area contributed by atoms with Crippen LogP contribution < -0.4 is 15.4 Å². The lowest BCUT2D eigenvalue weighted by Gasteiger charge is -2.12. The van der Waals surface area contributed by atoms with Crippen molar-refractivity contribution in [2.45, 2.75) is 46.1 Å². The summed E-state index contributed by atoms with van der Waals surface area (Å²) >= 11 is 1.79. The number of rotatable bonds is 10. The standard InChI is InChI=1S/C21H30N4OS/c1-3-18-14-24-20(27-18)11-12-23-21(22-4-2)25-13-17-7-5-6-8-19(17)26-15-16-9-10-16/h5-8,14,16H,3-4,9-13,15H2,1-2H3,(H2,22,23,25). The zero-order valence-corrected chi connectivity index (χ0v) is 17.1. The van der Waals surface area contributed by atoms with Crippen LogP contribution >= 0.6 is 11.3 Å². The van der Waals surface area contributed by atoms with Crippen LogP contribution in [0.3, 0.4) is 0 Å². The van der Waals surface area contributed by atoms with Crippen LogP contribution in [0, 0.1) is 5.92 Å². The van der Waals surface area contributed by atoms with E-state index in [0.717, 1.165) is 55.7 Å². The first-order valence-corrected chi connectivity index (χ1v) is 10.8. The molecule has 146 valence electrons. The van der Waals surface area contributed by atoms with Crippen LogP contribution in [0.15, 0.2) is 35.5 Å². The summed E-state index contributed by atoms with van der Waals surface area (Å²) in [5, 5.41) is 7.90. The Kier molecular flexibility index (Phi) is 7.51. The van der Waals surface area contributed by atoms with E-state index in [0.29, 0.717) is 6.54 Å². The molecule has 2 aromatic rings. The first kappa shape index (κ1) is 19.7. The van der Waals surface area contributed by atoms with E-state index in [1.54, 1.807) is 11.3 Å². The third-order valence-electron chi connectivity index (χ3n) is 4.48. The summed E-state index contributed by atoms with van der Waals surface area (Å²) in [6.07, 6.45) is 6.55. The highest BCUT2D eigenvalue weighted by atomic mass is 32.1. The highest BCUT2D eigenvalue weighted by Gasteiger charge is 2.22. The molecule has 2 N–H and O–H groups in total. The molecule has 0 aliphatic heterocycles. The minimum atomic E-state index is 0.605. The molecule has 27 heavy (non-hydrogen) atoms. The van der Waals surface area contributed by atoms with Gasteiger partial charge >= 0.3 is 0 Å². The molecule has 1 fully saturated rings. The van der Waals surface area contributed by atoms with Crippen LogP contribution in [0.5, 0.6) is 5.75 Å². The van der Waals surface area contributed by atoms with Gasteiger partial charge in [-0.15, -0.1) is 11.3 Å². The van der Waals surface area contributed by atoms with Gasteiger partial charge in [-0.05, 0) is 38.2 Å². The monoisotopic (exact) mass is 386 g/mol. The van der Waals surface area contributed by atoms with Crippen molar-refractivity contribution < 1.29 is 4.74 Å². The van der Waals surface area contributed by atoms with Crippen molar-refractivity contribution in [1.29, 1.82) is 0 Å². The number of guanidine groups is 1. The predicted molar refractivity (Wildman–Crippen MR) is 113 cm³/mol. The maximum atomic E-state index is 5.99. The van der Waals surface area contributed by atoms with E-state index in [-0.39, 0.29) is 0 Å². The molecule has 0 radical (unpaired) electrons. The summed E-state index contributed by atoms with van der Waals surface area (Å²) in [6, 6.07) is 8.21. The molecule has 1 heterocycles. The van der Waals surface area contributed by atoms with Crippen molar-refractivity contribution in [1.82, 2.24) is 15.6 Å². The fraction of sp³-hybridized carbons (Fsp3) is 0.524. The minimum absolute atomic E-state index is 0.605. The summed E-state index contributed by atoms with van der Waals surface area (Å²) in [4.78, 5) is 10.6. The topological polar surface area (TPSA) is 58.5 Å². The number of nitrogens with one attached hydrogen (secondary N) is 2. The smallest absolute Gasteiger partial charge is 0.191 e. The van der Waals surface area contributed by atoms with Gasteiger partial charge < -0.3 is 15.4 Å². The summed E-state index contributed by atoms with van der Waals surface area (Å²) in [7, 11) is 0. The van der Waals surface area contributed by atoms with Gasteiger partial charge in [0.05, 0.1) is 18.2 Å². The van der Waals surface area contributed by atoms with E-state index in [2.05, 4.69) is 35.5 Å². The summed E-state index contributed by atoms with van der Waals surface area (Å²) in [5.41, 5.74) is 1.13. The van der Waals surface area contributed by atoms with E-state index >= 15 is 0 Å². The number of para-hydroxylation sites is 1. The third-order valence-corrected chi connectivity index (χ3v) is 5.68. The number of aryl methyl sites for hydroxylation is 1. The maximum absolute atomic E-state index is 5.99. The molecule has 0 atom stereocenters. The Hall–Kier alpha value is -2.08. The van der Waals surface area contributed by atoms with Gasteiger partial charge in [0.2, 0.25) is 0 Å². The van der Waals surface area contributed by atoms with Crippen molar-refractivity contribution >= 4 is 17.3 Å². The molecule has 1 aliphatic rings. The van der Waals surface area contributed by atoms with Crippen LogP contribution in [0.25, 0.3) is 0 Å². The number of hydrogen-bond acceptors (Lipinski definition) is 4. The van der Waals surface area contributed by atoms with Gasteiger partial charge in [-0.25, -0.2) is 9.98 Å². The molecule has 0 unspecified atom stereocenters. The van der Waals surface area contributed by atoms with Crippen molar-refractivity contribution in [2.24, 2.45) is 10.9 Å². The minimum Gasteiger partial charge on any atom is -0.493 e. The van der Waals surface area contributed by atoms with E-state index in [1.807, 2.05) is 24.4 Å². The zero-order valence-electron chi connectivity index (χ0n) is 16.3. The molecule has 1 aromatic heterocycles. The van der Waals surface area contributed by atoms with Crippen LogP contribution in [-0.4, -0.2) is 30.6 Å². The first-order valence-electron chi connectivity index (χ1n) is 9.95. The average molecular weight is 387 g/mol. The quantitative estimate of drug-likeness (QED) is 0.482. The second-order valence-electron chi connectivity index (χ2n) is 6.81. The van der Waals surface area contributed by atoms with Gasteiger partial charge in [0.15, 0.2) is 5.96 Å². The van der Waals surface area contributed by atoms with Gasteiger partial charge in [-0.3, -0.25) is 0 Å². The Morgan fingerprint density at radius 1 is 1.26 bits per heavy atom. The SMILES string of the molecule is CCNC(=NCc1ccccc1OCC1CC1)NCCc1ncc(CC)s1. The Bertz CT molecular complexity index is 739. The number of hydrogen-bond donors (Lipinski definition) is 2. The largest absolute Gasteiger partial charge is 0.493 e. The number of nitrogens with zero attached hydrogens (tertiary/aromatic N) is 2. The predicted octanol–water partition coefficient (Wildman–Crippen LogP) is 3.79. The van der Waals surface area contributed by atoms with Gasteiger partial charge in [-0.1, -0.05) is 25.1 Å². The van der Waals surface area contributed by atoms with E-state index in [1.165, 1.54) is 22.7 Å². The van der Waals surface area contributed by atoms with Crippen molar-refractivity contribution in [2.75, 3.05) is 19.7 Å². The molecule has 5 nitrogen and oxygen atoms in total. The summed E-state index contributed by atoms with van der Waals surface area (Å²) in [5.74, 6) is 2.54.